The van der Waals surface area contributed by atoms with Crippen LogP contribution >= 0.6 is 24.0 Å². The molecule has 2 amide bonds. The normalized spacial score (nSPS) is 17.7. The van der Waals surface area contributed by atoms with Gasteiger partial charge in [-0.1, -0.05) is 48.6 Å². The Morgan fingerprint density at radius 1 is 1.20 bits per heavy atom. The summed E-state index contributed by atoms with van der Waals surface area (Å²) in [5, 5.41) is 2.52. The summed E-state index contributed by atoms with van der Waals surface area (Å²) in [5.74, 6) is 0.140. The van der Waals surface area contributed by atoms with Gasteiger partial charge in [-0.05, 0) is 61.6 Å². The lowest BCUT2D eigenvalue weighted by atomic mass is 9.98. The number of ether oxygens (including phenoxy) is 2. The third kappa shape index (κ3) is 6.41. The molecule has 2 aromatic rings. The average molecular weight is 515 g/mol. The molecule has 0 spiro atoms. The summed E-state index contributed by atoms with van der Waals surface area (Å²) in [5.41, 5.74) is 0.892. The second kappa shape index (κ2) is 11.7. The van der Waals surface area contributed by atoms with Crippen LogP contribution in [0, 0.1) is 5.82 Å². The number of rotatable bonds is 8. The Bertz CT molecular complexity index is 1150. The fourth-order valence-electron chi connectivity index (χ4n) is 4.07. The highest BCUT2D eigenvalue weighted by Crippen LogP contribution is 2.36. The van der Waals surface area contributed by atoms with Crippen LogP contribution in [0.25, 0.3) is 6.08 Å². The van der Waals surface area contributed by atoms with Crippen LogP contribution in [-0.2, 0) is 9.59 Å². The highest BCUT2D eigenvalue weighted by atomic mass is 32.2. The van der Waals surface area contributed by atoms with Crippen LogP contribution in [0.15, 0.2) is 47.4 Å². The number of nitrogens with one attached hydrogen (secondary N) is 1. The van der Waals surface area contributed by atoms with Crippen LogP contribution in [0.3, 0.4) is 0 Å². The zero-order chi connectivity index (χ0) is 24.8. The average Bonchev–Trinajstić information content (AvgIpc) is 3.12. The van der Waals surface area contributed by atoms with E-state index in [9.17, 15) is 14.0 Å². The molecule has 1 aliphatic heterocycles. The van der Waals surface area contributed by atoms with Gasteiger partial charge in [0.05, 0.1) is 23.8 Å². The predicted molar refractivity (Wildman–Crippen MR) is 140 cm³/mol. The molecule has 0 radical (unpaired) electrons. The van der Waals surface area contributed by atoms with Gasteiger partial charge >= 0.3 is 0 Å². The first-order valence-corrected chi connectivity index (χ1v) is 12.8. The fourth-order valence-corrected chi connectivity index (χ4v) is 5.38. The van der Waals surface area contributed by atoms with Crippen molar-refractivity contribution in [3.05, 3.63) is 58.8 Å². The van der Waals surface area contributed by atoms with E-state index in [2.05, 4.69) is 5.32 Å². The van der Waals surface area contributed by atoms with Crippen LogP contribution in [0.2, 0.25) is 0 Å². The van der Waals surface area contributed by atoms with Crippen LogP contribution in [0.5, 0.6) is 11.5 Å². The molecule has 184 valence electrons. The molecule has 1 saturated heterocycles. The van der Waals surface area contributed by atoms with Crippen LogP contribution in [-0.4, -0.2) is 40.8 Å². The first-order chi connectivity index (χ1) is 16.9. The van der Waals surface area contributed by atoms with Crippen molar-refractivity contribution in [2.24, 2.45) is 0 Å². The summed E-state index contributed by atoms with van der Waals surface area (Å²) >= 11 is 6.55. The number of hydrogen-bond acceptors (Lipinski definition) is 6. The molecular formula is C26H27FN2O4S2. The van der Waals surface area contributed by atoms with E-state index in [-0.39, 0.29) is 30.7 Å². The van der Waals surface area contributed by atoms with E-state index in [0.717, 1.165) is 18.4 Å². The molecule has 2 aromatic carbocycles. The molecule has 0 atom stereocenters. The van der Waals surface area contributed by atoms with Gasteiger partial charge in [-0.2, -0.15) is 0 Å². The molecule has 9 heteroatoms. The van der Waals surface area contributed by atoms with E-state index >= 15 is 0 Å². The molecule has 0 bridgehead atoms. The number of thiocarbonyl (C=S) groups is 1. The number of thioether (sulfide) groups is 1. The molecule has 1 heterocycles. The van der Waals surface area contributed by atoms with Crippen molar-refractivity contribution in [1.29, 1.82) is 0 Å². The maximum Gasteiger partial charge on any atom is 0.266 e. The molecule has 2 aliphatic rings. The number of methoxy groups -OCH3 is 1. The third-order valence-electron chi connectivity index (χ3n) is 5.92. The van der Waals surface area contributed by atoms with E-state index in [4.69, 9.17) is 21.7 Å². The van der Waals surface area contributed by atoms with E-state index in [1.165, 1.54) is 48.1 Å². The Hall–Kier alpha value is -2.91. The standard InChI is InChI=1S/C26H27FN2O4S2/c1-32-22-15-17(11-12-21(22)33-18-7-3-2-4-8-18)16-23-25(31)29(26(34)35-23)14-13-24(30)28-20-10-6-5-9-19(20)27/h5-6,9-12,15-16,18H,2-4,7-8,13-14H2,1H3,(H,28,30)/b23-16-. The molecule has 1 N–H and O–H groups in total. The van der Waals surface area contributed by atoms with Crippen LogP contribution < -0.4 is 14.8 Å². The maximum atomic E-state index is 13.7. The molecule has 0 unspecified atom stereocenters. The Morgan fingerprint density at radius 3 is 2.71 bits per heavy atom. The number of carbonyl (C=O) groups excluding carboxylic acids is 2. The highest BCUT2D eigenvalue weighted by Gasteiger charge is 2.32. The van der Waals surface area contributed by atoms with Gasteiger partial charge in [-0.15, -0.1) is 0 Å². The van der Waals surface area contributed by atoms with E-state index in [0.29, 0.717) is 20.7 Å². The van der Waals surface area contributed by atoms with Crippen molar-refractivity contribution in [2.75, 3.05) is 19.0 Å². The van der Waals surface area contributed by atoms with E-state index in [1.807, 2.05) is 18.2 Å². The summed E-state index contributed by atoms with van der Waals surface area (Å²) in [6.07, 6.45) is 7.66. The van der Waals surface area contributed by atoms with Gasteiger partial charge in [0.15, 0.2) is 11.5 Å². The minimum absolute atomic E-state index is 0.00488. The number of anilines is 1. The minimum atomic E-state index is -0.514. The molecule has 2 fully saturated rings. The summed E-state index contributed by atoms with van der Waals surface area (Å²) in [6.45, 7) is 0.111. The zero-order valence-electron chi connectivity index (χ0n) is 19.4. The van der Waals surface area contributed by atoms with E-state index in [1.54, 1.807) is 25.3 Å². The predicted octanol–water partition coefficient (Wildman–Crippen LogP) is 5.78. The van der Waals surface area contributed by atoms with Gasteiger partial charge in [0.25, 0.3) is 5.91 Å². The Kier molecular flexibility index (Phi) is 8.41. The van der Waals surface area contributed by atoms with Crippen molar-refractivity contribution >= 4 is 51.9 Å². The van der Waals surface area contributed by atoms with Crippen molar-refractivity contribution in [3.63, 3.8) is 0 Å². The number of carbonyl (C=O) groups is 2. The molecule has 6 nitrogen and oxygen atoms in total. The van der Waals surface area contributed by atoms with Gasteiger partial charge in [0.2, 0.25) is 5.91 Å². The van der Waals surface area contributed by atoms with Crippen molar-refractivity contribution in [3.8, 4) is 11.5 Å². The summed E-state index contributed by atoms with van der Waals surface area (Å²) in [4.78, 5) is 27.0. The van der Waals surface area contributed by atoms with Crippen LogP contribution in [0.1, 0.15) is 44.1 Å². The second-order valence-corrected chi connectivity index (χ2v) is 10.1. The molecule has 1 aliphatic carbocycles. The Balaban J connectivity index is 1.38. The number of nitrogens with zero attached hydrogens (tertiary/aromatic N) is 1. The first-order valence-electron chi connectivity index (χ1n) is 11.6. The number of amides is 2. The van der Waals surface area contributed by atoms with E-state index < -0.39 is 11.7 Å². The number of para-hydroxylation sites is 1. The molecule has 35 heavy (non-hydrogen) atoms. The highest BCUT2D eigenvalue weighted by molar-refractivity contribution is 8.26. The van der Waals surface area contributed by atoms with Crippen LogP contribution in [0.4, 0.5) is 10.1 Å². The van der Waals surface area contributed by atoms with Gasteiger partial charge < -0.3 is 14.8 Å². The monoisotopic (exact) mass is 514 g/mol. The minimum Gasteiger partial charge on any atom is -0.493 e. The summed E-state index contributed by atoms with van der Waals surface area (Å²) in [7, 11) is 1.60. The topological polar surface area (TPSA) is 67.9 Å². The summed E-state index contributed by atoms with van der Waals surface area (Å²) in [6, 6.07) is 11.5. The Morgan fingerprint density at radius 2 is 1.97 bits per heavy atom. The summed E-state index contributed by atoms with van der Waals surface area (Å²) < 4.78 is 25.8. The van der Waals surface area contributed by atoms with Gasteiger partial charge in [-0.3, -0.25) is 14.5 Å². The molecule has 0 aromatic heterocycles. The number of hydrogen-bond donors (Lipinski definition) is 1. The SMILES string of the molecule is COc1cc(/C=C2\SC(=S)N(CCC(=O)Nc3ccccc3F)C2=O)ccc1OC1CCCCC1. The van der Waals surface area contributed by atoms with Gasteiger partial charge in [0, 0.05) is 13.0 Å². The lowest BCUT2D eigenvalue weighted by Gasteiger charge is -2.24. The van der Waals surface area contributed by atoms with Gasteiger partial charge in [-0.25, -0.2) is 4.39 Å². The van der Waals surface area contributed by atoms with Crippen molar-refractivity contribution < 1.29 is 23.5 Å². The molecule has 4 rings (SSSR count). The first kappa shape index (κ1) is 25.2. The maximum absolute atomic E-state index is 13.7. The molecule has 1 saturated carbocycles. The fraction of sp³-hybridized carbons (Fsp3) is 0.346. The molecular weight excluding hydrogens is 487 g/mol. The van der Waals surface area contributed by atoms with Crippen molar-refractivity contribution in [2.45, 2.75) is 44.6 Å². The van der Waals surface area contributed by atoms with Crippen molar-refractivity contribution in [1.82, 2.24) is 4.90 Å². The largest absolute Gasteiger partial charge is 0.493 e. The zero-order valence-corrected chi connectivity index (χ0v) is 21.1. The number of benzene rings is 2. The van der Waals surface area contributed by atoms with Gasteiger partial charge in [0.1, 0.15) is 10.1 Å². The smallest absolute Gasteiger partial charge is 0.266 e. The third-order valence-corrected chi connectivity index (χ3v) is 7.29. The lowest BCUT2D eigenvalue weighted by Crippen LogP contribution is -2.31. The lowest BCUT2D eigenvalue weighted by molar-refractivity contribution is -0.122. The quantitative estimate of drug-likeness (QED) is 0.356. The number of halogens is 1. The Labute approximate surface area is 213 Å². The second-order valence-electron chi connectivity index (χ2n) is 8.40.